The lowest BCUT2D eigenvalue weighted by Gasteiger charge is -2.29. The van der Waals surface area contributed by atoms with E-state index < -0.39 is 23.4 Å². The number of amides is 3. The molecule has 8 nitrogen and oxygen atoms in total. The molecule has 31 heavy (non-hydrogen) atoms. The van der Waals surface area contributed by atoms with Gasteiger partial charge in [0.1, 0.15) is 18.0 Å². The number of rotatable bonds is 5. The predicted molar refractivity (Wildman–Crippen MR) is 116 cm³/mol. The molecule has 1 fully saturated rings. The molecule has 1 saturated heterocycles. The number of hydrogen-bond donors (Lipinski definition) is 2. The maximum atomic E-state index is 14.7. The van der Waals surface area contributed by atoms with Crippen LogP contribution in [0.15, 0.2) is 24.3 Å². The number of benzene rings is 1. The molecule has 0 aliphatic carbocycles. The van der Waals surface area contributed by atoms with Crippen LogP contribution in [0.4, 0.5) is 20.6 Å². The summed E-state index contributed by atoms with van der Waals surface area (Å²) in [7, 11) is 0. The average Bonchev–Trinajstić information content (AvgIpc) is 3.09. The van der Waals surface area contributed by atoms with Crippen LogP contribution in [-0.4, -0.2) is 43.2 Å². The highest BCUT2D eigenvalue weighted by atomic mass is 35.5. The largest absolute Gasteiger partial charge is 0.414 e. The lowest BCUT2D eigenvalue weighted by atomic mass is 10.0. The van der Waals surface area contributed by atoms with E-state index in [-0.39, 0.29) is 23.3 Å². The van der Waals surface area contributed by atoms with Gasteiger partial charge in [-0.2, -0.15) is 0 Å². The van der Waals surface area contributed by atoms with Crippen molar-refractivity contribution in [1.29, 1.82) is 0 Å². The molecule has 3 rings (SSSR count). The van der Waals surface area contributed by atoms with Crippen molar-refractivity contribution < 1.29 is 28.2 Å². The minimum absolute atomic E-state index is 0.0623. The second-order valence-corrected chi connectivity index (χ2v) is 9.05. The van der Waals surface area contributed by atoms with Gasteiger partial charge in [0.15, 0.2) is 5.06 Å². The van der Waals surface area contributed by atoms with Crippen LogP contribution >= 0.6 is 22.9 Å². The van der Waals surface area contributed by atoms with Crippen molar-refractivity contribution >= 4 is 52.2 Å². The minimum atomic E-state index is -1.41. The van der Waals surface area contributed by atoms with Crippen LogP contribution in [0.5, 0.6) is 5.06 Å². The third-order valence-corrected chi connectivity index (χ3v) is 5.64. The molecule has 1 aliphatic heterocycles. The topological polar surface area (TPSA) is 97.0 Å². The fourth-order valence-electron chi connectivity index (χ4n) is 2.89. The first-order valence-corrected chi connectivity index (χ1v) is 10.5. The van der Waals surface area contributed by atoms with Crippen LogP contribution in [-0.2, 0) is 14.3 Å². The molecular weight excluding hydrogens is 449 g/mol. The van der Waals surface area contributed by atoms with Crippen molar-refractivity contribution in [3.05, 3.63) is 40.0 Å². The van der Waals surface area contributed by atoms with Crippen molar-refractivity contribution in [2.24, 2.45) is 0 Å². The highest BCUT2D eigenvalue weighted by Gasteiger charge is 2.32. The number of ether oxygens (including phenoxy) is 2. The van der Waals surface area contributed by atoms with Gasteiger partial charge >= 0.3 is 6.09 Å². The van der Waals surface area contributed by atoms with Gasteiger partial charge in [-0.05, 0) is 44.5 Å². The second-order valence-electron chi connectivity index (χ2n) is 7.37. The summed E-state index contributed by atoms with van der Waals surface area (Å²) in [4.78, 5) is 38.3. The summed E-state index contributed by atoms with van der Waals surface area (Å²) in [5, 5.41) is 5.19. The van der Waals surface area contributed by atoms with E-state index in [4.69, 9.17) is 21.1 Å². The summed E-state index contributed by atoms with van der Waals surface area (Å²) >= 11 is 6.86. The molecule has 0 atom stereocenters. The standard InChI is InChI=1S/C20H21ClFN3O5S/c1-11-8-13(12(22)9-14(11)25-6-7-29-10-16(25)26)23-18(27)20(2,3)24-19(28)30-17-5-4-15(21)31-17/h4-5,8-9H,6-7,10H2,1-3H3,(H,23,27)(H,24,28). The Bertz CT molecular complexity index is 1030. The van der Waals surface area contributed by atoms with Gasteiger partial charge in [0.25, 0.3) is 5.91 Å². The highest BCUT2D eigenvalue weighted by Crippen LogP contribution is 2.29. The van der Waals surface area contributed by atoms with E-state index >= 15 is 0 Å². The van der Waals surface area contributed by atoms with Crippen molar-refractivity contribution in [3.8, 4) is 5.06 Å². The summed E-state index contributed by atoms with van der Waals surface area (Å²) in [6, 6.07) is 5.74. The number of nitrogens with one attached hydrogen (secondary N) is 2. The predicted octanol–water partition coefficient (Wildman–Crippen LogP) is 3.72. The van der Waals surface area contributed by atoms with E-state index in [0.29, 0.717) is 28.7 Å². The molecule has 166 valence electrons. The first-order valence-electron chi connectivity index (χ1n) is 9.32. The molecule has 0 unspecified atom stereocenters. The Kier molecular flexibility index (Phi) is 6.83. The highest BCUT2D eigenvalue weighted by molar-refractivity contribution is 7.17. The van der Waals surface area contributed by atoms with E-state index in [0.717, 1.165) is 11.3 Å². The molecule has 1 aliphatic rings. The Morgan fingerprint density at radius 2 is 2.06 bits per heavy atom. The fraction of sp³-hybridized carbons (Fsp3) is 0.350. The third kappa shape index (κ3) is 5.52. The molecule has 1 aromatic carbocycles. The Hall–Kier alpha value is -2.69. The van der Waals surface area contributed by atoms with Gasteiger partial charge in [0, 0.05) is 18.3 Å². The summed E-state index contributed by atoms with van der Waals surface area (Å²) < 4.78 is 25.3. The van der Waals surface area contributed by atoms with Gasteiger partial charge in [-0.25, -0.2) is 9.18 Å². The van der Waals surface area contributed by atoms with Crippen LogP contribution in [0.2, 0.25) is 4.34 Å². The van der Waals surface area contributed by atoms with E-state index in [1.165, 1.54) is 36.9 Å². The van der Waals surface area contributed by atoms with Gasteiger partial charge in [-0.15, -0.1) is 0 Å². The number of nitrogens with zero attached hydrogens (tertiary/aromatic N) is 1. The van der Waals surface area contributed by atoms with Gasteiger partial charge in [-0.1, -0.05) is 22.9 Å². The van der Waals surface area contributed by atoms with Crippen molar-refractivity contribution in [1.82, 2.24) is 5.32 Å². The quantitative estimate of drug-likeness (QED) is 0.695. The summed E-state index contributed by atoms with van der Waals surface area (Å²) in [5.74, 6) is -1.62. The Morgan fingerprint density at radius 3 is 2.71 bits per heavy atom. The number of halogens is 2. The monoisotopic (exact) mass is 469 g/mol. The molecule has 0 radical (unpaired) electrons. The molecule has 0 spiro atoms. The Morgan fingerprint density at radius 1 is 1.32 bits per heavy atom. The van der Waals surface area contributed by atoms with Crippen molar-refractivity contribution in [3.63, 3.8) is 0 Å². The van der Waals surface area contributed by atoms with E-state index in [1.807, 2.05) is 0 Å². The van der Waals surface area contributed by atoms with Crippen LogP contribution < -0.4 is 20.3 Å². The molecule has 2 heterocycles. The number of thiophene rings is 1. The molecule has 1 aromatic heterocycles. The van der Waals surface area contributed by atoms with Crippen LogP contribution in [0, 0.1) is 12.7 Å². The molecule has 2 N–H and O–H groups in total. The first kappa shape index (κ1) is 23.0. The fourth-order valence-corrected chi connectivity index (χ4v) is 3.76. The minimum Gasteiger partial charge on any atom is -0.399 e. The van der Waals surface area contributed by atoms with Crippen LogP contribution in [0.25, 0.3) is 0 Å². The summed E-state index contributed by atoms with van der Waals surface area (Å²) in [6.07, 6.45) is -0.850. The van der Waals surface area contributed by atoms with E-state index in [2.05, 4.69) is 10.6 Å². The van der Waals surface area contributed by atoms with Gasteiger partial charge in [0.05, 0.1) is 16.6 Å². The zero-order valence-electron chi connectivity index (χ0n) is 17.1. The van der Waals surface area contributed by atoms with Gasteiger partial charge in [-0.3, -0.25) is 9.59 Å². The Labute approximate surface area is 187 Å². The average molecular weight is 470 g/mol. The first-order chi connectivity index (χ1) is 14.6. The number of morpholine rings is 1. The lowest BCUT2D eigenvalue weighted by Crippen LogP contribution is -2.53. The van der Waals surface area contributed by atoms with Crippen molar-refractivity contribution in [2.45, 2.75) is 26.3 Å². The normalized spacial score (nSPS) is 14.4. The van der Waals surface area contributed by atoms with Crippen LogP contribution in [0.3, 0.4) is 0 Å². The zero-order valence-corrected chi connectivity index (χ0v) is 18.7. The number of carbonyl (C=O) groups is 3. The summed E-state index contributed by atoms with van der Waals surface area (Å²) in [5.41, 5.74) is -0.455. The molecule has 0 saturated carbocycles. The molecule has 3 amide bonds. The second kappa shape index (κ2) is 9.21. The number of anilines is 2. The lowest BCUT2D eigenvalue weighted by molar-refractivity contribution is -0.125. The van der Waals surface area contributed by atoms with Gasteiger partial charge in [0.2, 0.25) is 5.91 Å². The maximum Gasteiger partial charge on any atom is 0.414 e. The smallest absolute Gasteiger partial charge is 0.399 e. The number of aryl methyl sites for hydroxylation is 1. The number of hydrogen-bond acceptors (Lipinski definition) is 6. The Balaban J connectivity index is 1.69. The van der Waals surface area contributed by atoms with Crippen LogP contribution in [0.1, 0.15) is 19.4 Å². The van der Waals surface area contributed by atoms with E-state index in [9.17, 15) is 18.8 Å². The maximum absolute atomic E-state index is 14.7. The van der Waals surface area contributed by atoms with E-state index in [1.54, 1.807) is 13.0 Å². The summed E-state index contributed by atoms with van der Waals surface area (Å²) in [6.45, 7) is 5.23. The molecule has 2 aromatic rings. The van der Waals surface area contributed by atoms with Gasteiger partial charge < -0.3 is 25.0 Å². The molecular formula is C20H21ClFN3O5S. The number of carbonyl (C=O) groups excluding carboxylic acids is 3. The van der Waals surface area contributed by atoms with Crippen molar-refractivity contribution in [2.75, 3.05) is 30.0 Å². The SMILES string of the molecule is Cc1cc(NC(=O)C(C)(C)NC(=O)Oc2ccc(Cl)s2)c(F)cc1N1CCOCC1=O. The molecule has 11 heteroatoms. The molecule has 0 bridgehead atoms. The third-order valence-electron chi connectivity index (χ3n) is 4.53. The zero-order chi connectivity index (χ0) is 22.8.